The third-order valence-corrected chi connectivity index (χ3v) is 7.16. The Balaban J connectivity index is 1.44. The fraction of sp³-hybridized carbons (Fsp3) is 0.269. The maximum atomic E-state index is 13.1. The number of carbonyl (C=O) groups excluding carboxylic acids is 3. The van der Waals surface area contributed by atoms with Crippen molar-refractivity contribution in [1.29, 1.82) is 0 Å². The van der Waals surface area contributed by atoms with Crippen molar-refractivity contribution in [3.63, 3.8) is 0 Å². The predicted octanol–water partition coefficient (Wildman–Crippen LogP) is 4.39. The van der Waals surface area contributed by atoms with Crippen LogP contribution in [0, 0.1) is 0 Å². The summed E-state index contributed by atoms with van der Waals surface area (Å²) in [5, 5.41) is 10.1. The number of nitrogens with one attached hydrogen (secondary N) is 3. The van der Waals surface area contributed by atoms with E-state index in [1.165, 1.54) is 17.4 Å². The number of rotatable bonds is 3. The first-order chi connectivity index (χ1) is 16.6. The minimum absolute atomic E-state index is 0.00901. The average molecular weight is 491 g/mol. The highest BCUT2D eigenvalue weighted by Crippen LogP contribution is 2.40. The number of hydrogen-bond acceptors (Lipinski definition) is 6. The molecular weight excluding hydrogens is 464 g/mol. The Labute approximate surface area is 206 Å². The highest BCUT2D eigenvalue weighted by atomic mass is 32.1. The van der Waals surface area contributed by atoms with Gasteiger partial charge in [-0.1, -0.05) is 6.58 Å². The molecule has 180 valence electrons. The van der Waals surface area contributed by atoms with Gasteiger partial charge in [0, 0.05) is 33.9 Å². The monoisotopic (exact) mass is 490 g/mol. The van der Waals surface area contributed by atoms with Crippen molar-refractivity contribution in [2.24, 2.45) is 0 Å². The first-order valence-electron chi connectivity index (χ1n) is 11.3. The lowest BCUT2D eigenvalue weighted by Crippen LogP contribution is -2.48. The zero-order valence-electron chi connectivity index (χ0n) is 19.7. The first kappa shape index (κ1) is 22.9. The SMILES string of the molecule is C=CC(=O)N1CC(C)(C)Oc2ccc(NC(=O)c3ccc4sc5c(c4c3)NC[C@@H](C)NC5=O)cc21. The Bertz CT molecular complexity index is 1390. The quantitative estimate of drug-likeness (QED) is 0.473. The molecule has 3 N–H and O–H groups in total. The molecule has 35 heavy (non-hydrogen) atoms. The number of benzene rings is 2. The summed E-state index contributed by atoms with van der Waals surface area (Å²) in [5.41, 5.74) is 1.79. The third kappa shape index (κ3) is 4.23. The van der Waals surface area contributed by atoms with Crippen molar-refractivity contribution < 1.29 is 19.1 Å². The lowest BCUT2D eigenvalue weighted by Gasteiger charge is -2.39. The lowest BCUT2D eigenvalue weighted by molar-refractivity contribution is -0.115. The van der Waals surface area contributed by atoms with Gasteiger partial charge in [-0.2, -0.15) is 0 Å². The summed E-state index contributed by atoms with van der Waals surface area (Å²) in [4.78, 5) is 40.4. The van der Waals surface area contributed by atoms with Gasteiger partial charge in [0.05, 0.1) is 17.9 Å². The Morgan fingerprint density at radius 1 is 1.26 bits per heavy atom. The molecule has 5 rings (SSSR count). The number of hydrogen-bond donors (Lipinski definition) is 3. The van der Waals surface area contributed by atoms with Gasteiger partial charge in [-0.25, -0.2) is 0 Å². The van der Waals surface area contributed by atoms with Crippen LogP contribution in [0.3, 0.4) is 0 Å². The summed E-state index contributed by atoms with van der Waals surface area (Å²) in [6, 6.07) is 10.6. The summed E-state index contributed by atoms with van der Waals surface area (Å²) >= 11 is 1.40. The minimum atomic E-state index is -0.548. The molecule has 2 aromatic carbocycles. The fourth-order valence-electron chi connectivity index (χ4n) is 4.37. The van der Waals surface area contributed by atoms with Gasteiger partial charge >= 0.3 is 0 Å². The molecule has 0 fully saturated rings. The van der Waals surface area contributed by atoms with Gasteiger partial charge in [-0.05, 0) is 63.2 Å². The van der Waals surface area contributed by atoms with E-state index in [9.17, 15) is 14.4 Å². The van der Waals surface area contributed by atoms with Gasteiger partial charge in [-0.3, -0.25) is 14.4 Å². The van der Waals surface area contributed by atoms with Crippen molar-refractivity contribution in [3.05, 3.63) is 59.5 Å². The summed E-state index contributed by atoms with van der Waals surface area (Å²) in [5.74, 6) is -0.0735. The second-order valence-corrected chi connectivity index (χ2v) is 10.5. The number of nitrogens with zero attached hydrogens (tertiary/aromatic N) is 1. The van der Waals surface area contributed by atoms with E-state index in [4.69, 9.17) is 4.74 Å². The normalized spacial score (nSPS) is 18.3. The van der Waals surface area contributed by atoms with Gasteiger partial charge in [0.15, 0.2) is 0 Å². The average Bonchev–Trinajstić information content (AvgIpc) is 3.12. The highest BCUT2D eigenvalue weighted by Gasteiger charge is 2.34. The van der Waals surface area contributed by atoms with E-state index >= 15 is 0 Å². The molecule has 3 heterocycles. The molecule has 0 aliphatic carbocycles. The highest BCUT2D eigenvalue weighted by molar-refractivity contribution is 7.21. The number of anilines is 3. The summed E-state index contributed by atoms with van der Waals surface area (Å²) in [6.45, 7) is 10.3. The topological polar surface area (TPSA) is 99.8 Å². The molecule has 0 saturated carbocycles. The van der Waals surface area contributed by atoms with E-state index in [0.29, 0.717) is 40.7 Å². The second-order valence-electron chi connectivity index (χ2n) is 9.40. The van der Waals surface area contributed by atoms with Crippen LogP contribution < -0.4 is 25.6 Å². The van der Waals surface area contributed by atoms with Crippen LogP contribution >= 0.6 is 11.3 Å². The molecule has 3 amide bonds. The van der Waals surface area contributed by atoms with Gasteiger partial charge in [0.2, 0.25) is 0 Å². The Morgan fingerprint density at radius 3 is 2.83 bits per heavy atom. The Morgan fingerprint density at radius 2 is 2.06 bits per heavy atom. The van der Waals surface area contributed by atoms with E-state index in [1.54, 1.807) is 35.2 Å². The van der Waals surface area contributed by atoms with Crippen molar-refractivity contribution >= 4 is 56.2 Å². The lowest BCUT2D eigenvalue weighted by atomic mass is 10.0. The van der Waals surface area contributed by atoms with E-state index < -0.39 is 5.60 Å². The van der Waals surface area contributed by atoms with Crippen LogP contribution in [-0.2, 0) is 4.79 Å². The molecular formula is C26H26N4O4S. The summed E-state index contributed by atoms with van der Waals surface area (Å²) in [6.07, 6.45) is 1.27. The molecule has 8 nitrogen and oxygen atoms in total. The predicted molar refractivity (Wildman–Crippen MR) is 139 cm³/mol. The molecule has 0 bridgehead atoms. The minimum Gasteiger partial charge on any atom is -0.484 e. The van der Waals surface area contributed by atoms with Crippen LogP contribution in [0.1, 0.15) is 40.8 Å². The van der Waals surface area contributed by atoms with Crippen molar-refractivity contribution in [2.75, 3.05) is 28.6 Å². The molecule has 0 radical (unpaired) electrons. The standard InChI is InChI=1S/C26H26N4O4S/c1-5-21(31)30-13-26(3,4)34-19-8-7-16(11-18(19)30)29-24(32)15-6-9-20-17(10-15)22-23(35-20)25(33)28-14(2)12-27-22/h5-11,14,27H,1,12-13H2,2-4H3,(H,28,33)(H,29,32)/t14-/m1/s1. The molecule has 1 atom stereocenters. The van der Waals surface area contributed by atoms with Crippen molar-refractivity contribution in [1.82, 2.24) is 5.32 Å². The van der Waals surface area contributed by atoms with E-state index in [-0.39, 0.29) is 23.8 Å². The third-order valence-electron chi connectivity index (χ3n) is 5.99. The smallest absolute Gasteiger partial charge is 0.263 e. The Kier molecular flexibility index (Phi) is 5.52. The van der Waals surface area contributed by atoms with Gasteiger partial charge in [0.25, 0.3) is 17.7 Å². The van der Waals surface area contributed by atoms with E-state index in [2.05, 4.69) is 22.5 Å². The molecule has 0 unspecified atom stereocenters. The van der Waals surface area contributed by atoms with Crippen molar-refractivity contribution in [2.45, 2.75) is 32.4 Å². The van der Waals surface area contributed by atoms with Gasteiger partial charge < -0.3 is 25.6 Å². The van der Waals surface area contributed by atoms with E-state index in [0.717, 1.165) is 15.8 Å². The summed E-state index contributed by atoms with van der Waals surface area (Å²) in [7, 11) is 0. The molecule has 2 aliphatic rings. The molecule has 0 spiro atoms. The largest absolute Gasteiger partial charge is 0.484 e. The molecule has 1 aromatic heterocycles. The molecule has 0 saturated heterocycles. The molecule has 3 aromatic rings. The molecule has 2 aliphatic heterocycles. The zero-order valence-corrected chi connectivity index (χ0v) is 20.5. The number of amides is 3. The maximum Gasteiger partial charge on any atom is 0.263 e. The second kappa shape index (κ2) is 8.42. The van der Waals surface area contributed by atoms with Crippen molar-refractivity contribution in [3.8, 4) is 5.75 Å². The number of fused-ring (bicyclic) bond motifs is 4. The van der Waals surface area contributed by atoms with Gasteiger partial charge in [0.1, 0.15) is 16.2 Å². The maximum absolute atomic E-state index is 13.1. The van der Waals surface area contributed by atoms with Crippen LogP contribution in [0.2, 0.25) is 0 Å². The van der Waals surface area contributed by atoms with E-state index in [1.807, 2.05) is 26.8 Å². The van der Waals surface area contributed by atoms with Crippen LogP contribution in [-0.4, -0.2) is 42.5 Å². The van der Waals surface area contributed by atoms with Crippen LogP contribution in [0.25, 0.3) is 10.1 Å². The van der Waals surface area contributed by atoms with Crippen LogP contribution in [0.4, 0.5) is 17.1 Å². The zero-order chi connectivity index (χ0) is 24.9. The van der Waals surface area contributed by atoms with Crippen LogP contribution in [0.5, 0.6) is 5.75 Å². The summed E-state index contributed by atoms with van der Waals surface area (Å²) < 4.78 is 6.95. The first-order valence-corrected chi connectivity index (χ1v) is 12.2. The number of carbonyl (C=O) groups is 3. The number of ether oxygens (including phenoxy) is 1. The molecule has 9 heteroatoms. The Hall–Kier alpha value is -3.85. The van der Waals surface area contributed by atoms with Crippen LogP contribution in [0.15, 0.2) is 49.1 Å². The fourth-order valence-corrected chi connectivity index (χ4v) is 5.43. The number of thiophene rings is 1. The van der Waals surface area contributed by atoms with Gasteiger partial charge in [-0.15, -0.1) is 11.3 Å².